The normalized spacial score (nSPS) is 25.7. The van der Waals surface area contributed by atoms with Crippen molar-refractivity contribution in [2.45, 2.75) is 37.8 Å². The van der Waals surface area contributed by atoms with Gasteiger partial charge in [-0.15, -0.1) is 0 Å². The number of likely N-dealkylation sites (N-methyl/N-ethyl adjacent to an activating group) is 1. The number of hydrogen-bond donors (Lipinski definition) is 0. The maximum atomic E-state index is 13.0. The number of anilines is 1. The van der Waals surface area contributed by atoms with Crippen LogP contribution in [-0.4, -0.2) is 67.0 Å². The Morgan fingerprint density at radius 3 is 2.64 bits per heavy atom. The van der Waals surface area contributed by atoms with Crippen molar-refractivity contribution in [2.75, 3.05) is 39.1 Å². The van der Waals surface area contributed by atoms with E-state index in [1.54, 1.807) is 6.20 Å². The Kier molecular flexibility index (Phi) is 4.34. The van der Waals surface area contributed by atoms with Crippen molar-refractivity contribution in [3.63, 3.8) is 0 Å². The Bertz CT molecular complexity index is 545. The first-order valence-electron chi connectivity index (χ1n) is 8.22. The predicted molar refractivity (Wildman–Crippen MR) is 88.3 cm³/mol. The van der Waals surface area contributed by atoms with Crippen LogP contribution < -0.4 is 4.90 Å². The van der Waals surface area contributed by atoms with Gasteiger partial charge in [-0.3, -0.25) is 4.79 Å². The molecule has 0 saturated carbocycles. The number of aromatic nitrogens is 1. The minimum atomic E-state index is 0.160. The van der Waals surface area contributed by atoms with E-state index in [0.29, 0.717) is 12.1 Å². The zero-order valence-corrected chi connectivity index (χ0v) is 13.8. The number of amides is 1. The number of likely N-dealkylation sites (tertiary alicyclic amines) is 2. The smallest absolute Gasteiger partial charge is 0.254 e. The molecule has 1 amide bonds. The predicted octanol–water partition coefficient (Wildman–Crippen LogP) is 1.85. The van der Waals surface area contributed by atoms with Crippen LogP contribution in [0.2, 0.25) is 0 Å². The first-order chi connectivity index (χ1) is 10.6. The van der Waals surface area contributed by atoms with Crippen molar-refractivity contribution in [1.82, 2.24) is 14.8 Å². The molecule has 1 aromatic rings. The highest BCUT2D eigenvalue weighted by Crippen LogP contribution is 2.30. The molecule has 5 nitrogen and oxygen atoms in total. The van der Waals surface area contributed by atoms with Crippen molar-refractivity contribution >= 4 is 11.7 Å². The molecule has 120 valence electrons. The van der Waals surface area contributed by atoms with E-state index in [1.165, 1.54) is 12.8 Å². The van der Waals surface area contributed by atoms with E-state index >= 15 is 0 Å². The second-order valence-electron chi connectivity index (χ2n) is 6.70. The topological polar surface area (TPSA) is 39.7 Å². The van der Waals surface area contributed by atoms with Gasteiger partial charge in [-0.1, -0.05) is 0 Å². The highest BCUT2D eigenvalue weighted by atomic mass is 16.2. The largest absolute Gasteiger partial charge is 0.363 e. The van der Waals surface area contributed by atoms with Crippen LogP contribution in [0, 0.1) is 0 Å². The van der Waals surface area contributed by atoms with E-state index in [2.05, 4.69) is 21.8 Å². The lowest BCUT2D eigenvalue weighted by molar-refractivity contribution is 0.0664. The standard InChI is InChI=1S/C17H26N4O/c1-19(2)16-12-13(8-9-18-16)17(22)21-11-5-7-15(21)14-6-4-10-20(14)3/h8-9,12,14-15H,4-7,10-11H2,1-3H3/t14-,15-/m1/s1. The quantitative estimate of drug-likeness (QED) is 0.854. The van der Waals surface area contributed by atoms with Gasteiger partial charge in [0.25, 0.3) is 5.91 Å². The molecule has 3 heterocycles. The Hall–Kier alpha value is -1.62. The number of rotatable bonds is 3. The molecule has 0 spiro atoms. The summed E-state index contributed by atoms with van der Waals surface area (Å²) in [6.07, 6.45) is 6.44. The number of nitrogens with zero attached hydrogens (tertiary/aromatic N) is 4. The second kappa shape index (κ2) is 6.24. The van der Waals surface area contributed by atoms with Gasteiger partial charge in [-0.05, 0) is 51.4 Å². The summed E-state index contributed by atoms with van der Waals surface area (Å²) in [5.41, 5.74) is 0.756. The summed E-state index contributed by atoms with van der Waals surface area (Å²) < 4.78 is 0. The number of carbonyl (C=O) groups excluding carboxylic acids is 1. The third-order valence-electron chi connectivity index (χ3n) is 5.03. The van der Waals surface area contributed by atoms with E-state index < -0.39 is 0 Å². The molecule has 1 aromatic heterocycles. The summed E-state index contributed by atoms with van der Waals surface area (Å²) in [5.74, 6) is 0.993. The SMILES string of the molecule is CN(C)c1cc(C(=O)N2CCC[C@@H]2[C@H]2CCCN2C)ccn1. The number of hydrogen-bond acceptors (Lipinski definition) is 4. The van der Waals surface area contributed by atoms with Crippen LogP contribution in [0.15, 0.2) is 18.3 Å². The summed E-state index contributed by atoms with van der Waals surface area (Å²) in [6, 6.07) is 4.64. The summed E-state index contributed by atoms with van der Waals surface area (Å²) in [6.45, 7) is 2.04. The van der Waals surface area contributed by atoms with E-state index in [9.17, 15) is 4.79 Å². The van der Waals surface area contributed by atoms with Crippen LogP contribution in [-0.2, 0) is 0 Å². The van der Waals surface area contributed by atoms with Gasteiger partial charge < -0.3 is 14.7 Å². The lowest BCUT2D eigenvalue weighted by Crippen LogP contribution is -2.47. The summed E-state index contributed by atoms with van der Waals surface area (Å²) in [7, 11) is 6.08. The van der Waals surface area contributed by atoms with Crippen molar-refractivity contribution in [3.8, 4) is 0 Å². The van der Waals surface area contributed by atoms with Crippen LogP contribution in [0.4, 0.5) is 5.82 Å². The van der Waals surface area contributed by atoms with Gasteiger partial charge in [0.05, 0.1) is 0 Å². The zero-order valence-electron chi connectivity index (χ0n) is 13.8. The lowest BCUT2D eigenvalue weighted by Gasteiger charge is -2.33. The third-order valence-corrected chi connectivity index (χ3v) is 5.03. The molecule has 2 fully saturated rings. The lowest BCUT2D eigenvalue weighted by atomic mass is 10.0. The fourth-order valence-corrected chi connectivity index (χ4v) is 3.83. The van der Waals surface area contributed by atoms with Gasteiger partial charge in [0.15, 0.2) is 0 Å². The Balaban J connectivity index is 1.80. The summed E-state index contributed by atoms with van der Waals surface area (Å²) in [4.78, 5) is 23.7. The Morgan fingerprint density at radius 2 is 1.95 bits per heavy atom. The molecule has 3 rings (SSSR count). The highest BCUT2D eigenvalue weighted by Gasteiger charge is 2.38. The Morgan fingerprint density at radius 1 is 1.23 bits per heavy atom. The van der Waals surface area contributed by atoms with Crippen molar-refractivity contribution in [2.24, 2.45) is 0 Å². The molecule has 2 aliphatic rings. The molecular formula is C17H26N4O. The number of carbonyl (C=O) groups is 1. The van der Waals surface area contributed by atoms with E-state index in [-0.39, 0.29) is 5.91 Å². The van der Waals surface area contributed by atoms with Crippen molar-refractivity contribution < 1.29 is 4.79 Å². The molecule has 0 aromatic carbocycles. The van der Waals surface area contributed by atoms with Crippen molar-refractivity contribution in [1.29, 1.82) is 0 Å². The first kappa shape index (κ1) is 15.3. The van der Waals surface area contributed by atoms with Gasteiger partial charge in [-0.25, -0.2) is 4.98 Å². The molecule has 0 bridgehead atoms. The van der Waals surface area contributed by atoms with E-state index in [0.717, 1.165) is 37.3 Å². The molecule has 22 heavy (non-hydrogen) atoms. The van der Waals surface area contributed by atoms with Crippen molar-refractivity contribution in [3.05, 3.63) is 23.9 Å². The monoisotopic (exact) mass is 302 g/mol. The summed E-state index contributed by atoms with van der Waals surface area (Å²) in [5, 5.41) is 0. The summed E-state index contributed by atoms with van der Waals surface area (Å²) >= 11 is 0. The minimum absolute atomic E-state index is 0.160. The fourth-order valence-electron chi connectivity index (χ4n) is 3.83. The van der Waals surface area contributed by atoms with Gasteiger partial charge in [0, 0.05) is 44.5 Å². The molecule has 2 aliphatic heterocycles. The molecular weight excluding hydrogens is 276 g/mol. The van der Waals surface area contributed by atoms with Crippen LogP contribution in [0.25, 0.3) is 0 Å². The molecule has 0 N–H and O–H groups in total. The minimum Gasteiger partial charge on any atom is -0.363 e. The molecule has 0 radical (unpaired) electrons. The van der Waals surface area contributed by atoms with Gasteiger partial charge in [0.1, 0.15) is 5.82 Å². The van der Waals surface area contributed by atoms with Crippen LogP contribution >= 0.6 is 0 Å². The van der Waals surface area contributed by atoms with E-state index in [1.807, 2.05) is 31.1 Å². The molecule has 2 saturated heterocycles. The third kappa shape index (κ3) is 2.82. The van der Waals surface area contributed by atoms with Crippen LogP contribution in [0.1, 0.15) is 36.0 Å². The molecule has 2 atom stereocenters. The van der Waals surface area contributed by atoms with E-state index in [4.69, 9.17) is 0 Å². The van der Waals surface area contributed by atoms with Gasteiger partial charge in [0.2, 0.25) is 0 Å². The number of pyridine rings is 1. The molecule has 0 unspecified atom stereocenters. The average molecular weight is 302 g/mol. The average Bonchev–Trinajstić information content (AvgIpc) is 3.14. The fraction of sp³-hybridized carbons (Fsp3) is 0.647. The van der Waals surface area contributed by atoms with Gasteiger partial charge >= 0.3 is 0 Å². The molecule has 0 aliphatic carbocycles. The van der Waals surface area contributed by atoms with Crippen LogP contribution in [0.5, 0.6) is 0 Å². The van der Waals surface area contributed by atoms with Crippen LogP contribution in [0.3, 0.4) is 0 Å². The second-order valence-corrected chi connectivity index (χ2v) is 6.70. The maximum Gasteiger partial charge on any atom is 0.254 e. The zero-order chi connectivity index (χ0) is 15.7. The van der Waals surface area contributed by atoms with Gasteiger partial charge in [-0.2, -0.15) is 0 Å². The Labute approximate surface area is 132 Å². The first-order valence-corrected chi connectivity index (χ1v) is 8.22. The highest BCUT2D eigenvalue weighted by molar-refractivity contribution is 5.95. The maximum absolute atomic E-state index is 13.0. The molecule has 5 heteroatoms.